The van der Waals surface area contributed by atoms with Crippen molar-refractivity contribution in [1.82, 2.24) is 5.32 Å². The van der Waals surface area contributed by atoms with E-state index in [1.165, 1.54) is 17.7 Å². The van der Waals surface area contributed by atoms with Crippen LogP contribution in [0.25, 0.3) is 0 Å². The van der Waals surface area contributed by atoms with Gasteiger partial charge in [-0.3, -0.25) is 4.79 Å². The van der Waals surface area contributed by atoms with Gasteiger partial charge in [0, 0.05) is 12.7 Å². The maximum absolute atomic E-state index is 12.1. The summed E-state index contributed by atoms with van der Waals surface area (Å²) in [6.07, 6.45) is -0.697. The van der Waals surface area contributed by atoms with Crippen LogP contribution in [-0.4, -0.2) is 40.2 Å². The Balaban J connectivity index is 4.74. The molecule has 0 saturated heterocycles. The van der Waals surface area contributed by atoms with Gasteiger partial charge in [-0.05, 0) is 52.3 Å². The first-order valence-corrected chi connectivity index (χ1v) is 9.14. The predicted octanol–water partition coefficient (Wildman–Crippen LogP) is 3.15. The summed E-state index contributed by atoms with van der Waals surface area (Å²) in [4.78, 5) is 34.9. The van der Waals surface area contributed by atoms with Gasteiger partial charge in [-0.1, -0.05) is 10.8 Å². The van der Waals surface area contributed by atoms with Gasteiger partial charge >= 0.3 is 12.1 Å². The van der Waals surface area contributed by atoms with E-state index in [9.17, 15) is 14.4 Å². The SMILES string of the molecule is CC(=O)SSC[C@H](NC(=O)OC(C)(C)C)C(=O)OC(C)(C)C. The molecular formula is C14H25NO5S2. The molecule has 0 aromatic rings. The summed E-state index contributed by atoms with van der Waals surface area (Å²) in [7, 11) is 2.19. The summed E-state index contributed by atoms with van der Waals surface area (Å²) < 4.78 is 10.4. The highest BCUT2D eigenvalue weighted by atomic mass is 33.1. The molecule has 0 rings (SSSR count). The van der Waals surface area contributed by atoms with Crippen molar-refractivity contribution in [3.8, 4) is 0 Å². The Labute approximate surface area is 139 Å². The highest BCUT2D eigenvalue weighted by Crippen LogP contribution is 2.23. The highest BCUT2D eigenvalue weighted by molar-refractivity contribution is 8.82. The minimum absolute atomic E-state index is 0.0785. The minimum atomic E-state index is -0.883. The van der Waals surface area contributed by atoms with Gasteiger partial charge in [0.25, 0.3) is 0 Å². The van der Waals surface area contributed by atoms with Crippen LogP contribution in [0.2, 0.25) is 0 Å². The van der Waals surface area contributed by atoms with E-state index < -0.39 is 29.3 Å². The maximum Gasteiger partial charge on any atom is 0.408 e. The lowest BCUT2D eigenvalue weighted by molar-refractivity contribution is -0.156. The summed E-state index contributed by atoms with van der Waals surface area (Å²) in [5, 5.41) is 2.41. The first-order valence-electron chi connectivity index (χ1n) is 6.82. The second-order valence-corrected chi connectivity index (χ2v) is 9.11. The van der Waals surface area contributed by atoms with Crippen molar-refractivity contribution in [3.05, 3.63) is 0 Å². The fourth-order valence-electron chi connectivity index (χ4n) is 1.18. The predicted molar refractivity (Wildman–Crippen MR) is 89.7 cm³/mol. The number of alkyl carbamates (subject to hydrolysis) is 1. The van der Waals surface area contributed by atoms with Gasteiger partial charge in [-0.25, -0.2) is 9.59 Å². The van der Waals surface area contributed by atoms with E-state index in [0.29, 0.717) is 0 Å². The van der Waals surface area contributed by atoms with Crippen LogP contribution >= 0.6 is 21.6 Å². The van der Waals surface area contributed by atoms with E-state index in [2.05, 4.69) is 5.32 Å². The Morgan fingerprint density at radius 2 is 1.50 bits per heavy atom. The monoisotopic (exact) mass is 351 g/mol. The van der Waals surface area contributed by atoms with Crippen molar-refractivity contribution in [2.24, 2.45) is 0 Å². The molecule has 0 bridgehead atoms. The van der Waals surface area contributed by atoms with E-state index in [1.54, 1.807) is 41.5 Å². The topological polar surface area (TPSA) is 81.7 Å². The Kier molecular flexibility index (Phi) is 8.32. The molecule has 0 aromatic heterocycles. The van der Waals surface area contributed by atoms with Gasteiger partial charge in [0.2, 0.25) is 0 Å². The van der Waals surface area contributed by atoms with Crippen LogP contribution in [0.4, 0.5) is 4.79 Å². The van der Waals surface area contributed by atoms with Crippen LogP contribution in [0.5, 0.6) is 0 Å². The van der Waals surface area contributed by atoms with Crippen molar-refractivity contribution < 1.29 is 23.9 Å². The summed E-state index contributed by atoms with van der Waals surface area (Å²) in [6, 6.07) is -0.883. The fourth-order valence-corrected chi connectivity index (χ4v) is 2.88. The molecular weight excluding hydrogens is 326 g/mol. The smallest absolute Gasteiger partial charge is 0.408 e. The zero-order chi connectivity index (χ0) is 17.6. The fraction of sp³-hybridized carbons (Fsp3) is 0.786. The van der Waals surface area contributed by atoms with Gasteiger partial charge < -0.3 is 14.8 Å². The number of carbonyl (C=O) groups excluding carboxylic acids is 3. The van der Waals surface area contributed by atoms with E-state index in [-0.39, 0.29) is 10.9 Å². The van der Waals surface area contributed by atoms with Gasteiger partial charge in [0.1, 0.15) is 17.2 Å². The molecule has 0 aliphatic heterocycles. The molecule has 1 atom stereocenters. The molecule has 1 N–H and O–H groups in total. The molecule has 8 heteroatoms. The van der Waals surface area contributed by atoms with Crippen molar-refractivity contribution in [2.45, 2.75) is 65.7 Å². The molecule has 0 aliphatic carbocycles. The van der Waals surface area contributed by atoms with E-state index in [1.807, 2.05) is 0 Å². The lowest BCUT2D eigenvalue weighted by atomic mass is 10.2. The largest absolute Gasteiger partial charge is 0.458 e. The van der Waals surface area contributed by atoms with Gasteiger partial charge in [0.05, 0.1) is 0 Å². The van der Waals surface area contributed by atoms with Crippen LogP contribution in [0, 0.1) is 0 Å². The lowest BCUT2D eigenvalue weighted by Gasteiger charge is -2.26. The number of ether oxygens (including phenoxy) is 2. The molecule has 0 unspecified atom stereocenters. The number of esters is 1. The summed E-state index contributed by atoms with van der Waals surface area (Å²) in [6.45, 7) is 11.9. The highest BCUT2D eigenvalue weighted by Gasteiger charge is 2.28. The minimum Gasteiger partial charge on any atom is -0.458 e. The number of hydrogen-bond acceptors (Lipinski definition) is 7. The molecule has 0 saturated carbocycles. The molecule has 22 heavy (non-hydrogen) atoms. The molecule has 6 nitrogen and oxygen atoms in total. The van der Waals surface area contributed by atoms with Gasteiger partial charge in [-0.2, -0.15) is 0 Å². The zero-order valence-corrected chi connectivity index (χ0v) is 15.8. The van der Waals surface area contributed by atoms with E-state index >= 15 is 0 Å². The first kappa shape index (κ1) is 21.1. The zero-order valence-electron chi connectivity index (χ0n) is 14.1. The second-order valence-electron chi connectivity index (χ2n) is 6.59. The maximum atomic E-state index is 12.1. The van der Waals surface area contributed by atoms with Crippen molar-refractivity contribution in [3.63, 3.8) is 0 Å². The summed E-state index contributed by atoms with van der Waals surface area (Å²) >= 11 is 0. The van der Waals surface area contributed by atoms with Crippen molar-refractivity contribution in [2.75, 3.05) is 5.75 Å². The van der Waals surface area contributed by atoms with Crippen LogP contribution in [0.1, 0.15) is 48.5 Å². The summed E-state index contributed by atoms with van der Waals surface area (Å²) in [5.41, 5.74) is -1.33. The van der Waals surface area contributed by atoms with Crippen molar-refractivity contribution >= 4 is 38.8 Å². The van der Waals surface area contributed by atoms with E-state index in [0.717, 1.165) is 10.8 Å². The third-order valence-corrected chi connectivity index (χ3v) is 4.08. The van der Waals surface area contributed by atoms with E-state index in [4.69, 9.17) is 9.47 Å². The molecule has 1 amide bonds. The standard InChI is InChI=1S/C14H25NO5S2/c1-9(16)22-21-8-10(11(17)19-13(2,3)4)15-12(18)20-14(5,6)7/h10H,8H2,1-7H3,(H,15,18)/t10-/m0/s1. The van der Waals surface area contributed by atoms with Crippen LogP contribution in [-0.2, 0) is 19.1 Å². The number of nitrogens with one attached hydrogen (secondary N) is 1. The summed E-state index contributed by atoms with van der Waals surface area (Å²) in [5.74, 6) is -0.353. The number of hydrogen-bond donors (Lipinski definition) is 1. The average molecular weight is 351 g/mol. The molecule has 128 valence electrons. The lowest BCUT2D eigenvalue weighted by Crippen LogP contribution is -2.47. The van der Waals surface area contributed by atoms with Crippen molar-refractivity contribution in [1.29, 1.82) is 0 Å². The molecule has 0 fully saturated rings. The Bertz CT molecular complexity index is 412. The molecule has 0 aliphatic rings. The van der Waals surface area contributed by atoms with Gasteiger partial charge in [0.15, 0.2) is 5.12 Å². The third-order valence-electron chi connectivity index (χ3n) is 1.79. The third kappa shape index (κ3) is 11.7. The number of rotatable bonds is 5. The van der Waals surface area contributed by atoms with Crippen LogP contribution in [0.15, 0.2) is 0 Å². The molecule has 0 radical (unpaired) electrons. The number of amides is 1. The second kappa shape index (κ2) is 8.67. The van der Waals surface area contributed by atoms with Crippen LogP contribution in [0.3, 0.4) is 0 Å². The first-order chi connectivity index (χ1) is 9.80. The molecule has 0 heterocycles. The Hall–Kier alpha value is -0.890. The molecule has 0 aromatic carbocycles. The van der Waals surface area contributed by atoms with Gasteiger partial charge in [-0.15, -0.1) is 0 Å². The molecule has 0 spiro atoms. The van der Waals surface area contributed by atoms with Crippen LogP contribution < -0.4 is 5.32 Å². The average Bonchev–Trinajstić information content (AvgIpc) is 2.21. The normalized spacial score (nSPS) is 13.2. The quantitative estimate of drug-likeness (QED) is 0.602. The Morgan fingerprint density at radius 3 is 1.91 bits per heavy atom. The Morgan fingerprint density at radius 1 is 1.00 bits per heavy atom. The number of carbonyl (C=O) groups is 3.